The van der Waals surface area contributed by atoms with E-state index in [1.54, 1.807) is 25.3 Å². The van der Waals surface area contributed by atoms with Crippen LogP contribution in [0.3, 0.4) is 0 Å². The Morgan fingerprint density at radius 1 is 1.50 bits per heavy atom. The molecule has 0 radical (unpaired) electrons. The smallest absolute Gasteiger partial charge is 0.253 e. The quantitative estimate of drug-likeness (QED) is 0.940. The Hall–Kier alpha value is -1.95. The van der Waals surface area contributed by atoms with E-state index in [0.717, 1.165) is 5.69 Å². The van der Waals surface area contributed by atoms with E-state index < -0.39 is 0 Å². The summed E-state index contributed by atoms with van der Waals surface area (Å²) in [5.74, 6) is 0.0821. The van der Waals surface area contributed by atoms with Gasteiger partial charge in [-0.25, -0.2) is 4.98 Å². The van der Waals surface area contributed by atoms with E-state index in [4.69, 9.17) is 0 Å². The molecule has 2 aromatic rings. The van der Waals surface area contributed by atoms with Crippen LogP contribution in [0.15, 0.2) is 28.5 Å². The molecule has 0 aliphatic carbocycles. The second-order valence-electron chi connectivity index (χ2n) is 4.90. The Kier molecular flexibility index (Phi) is 4.34. The molecule has 1 amide bonds. The molecular weight excluding hydrogens is 274 g/mol. The summed E-state index contributed by atoms with van der Waals surface area (Å²) in [5.41, 5.74) is 1.43. The number of amides is 1. The summed E-state index contributed by atoms with van der Waals surface area (Å²) >= 11 is 1.39. The SMILES string of the molecule is Cc1cccn(CC(=O)Nc2nc(C(C)C)cs2)c1=O. The van der Waals surface area contributed by atoms with Crippen LogP contribution in [0.1, 0.15) is 31.0 Å². The number of nitrogens with zero attached hydrogens (tertiary/aromatic N) is 2. The van der Waals surface area contributed by atoms with Gasteiger partial charge in [-0.05, 0) is 18.9 Å². The summed E-state index contributed by atoms with van der Waals surface area (Å²) in [6.07, 6.45) is 1.61. The van der Waals surface area contributed by atoms with Crippen molar-refractivity contribution in [1.82, 2.24) is 9.55 Å². The molecule has 6 heteroatoms. The minimum Gasteiger partial charge on any atom is -0.306 e. The van der Waals surface area contributed by atoms with Gasteiger partial charge in [0.25, 0.3) is 5.56 Å². The first-order chi connectivity index (χ1) is 9.47. The molecular formula is C14H17N3O2S. The molecule has 0 spiro atoms. The molecule has 0 unspecified atom stereocenters. The summed E-state index contributed by atoms with van der Waals surface area (Å²) in [6, 6.07) is 3.48. The highest BCUT2D eigenvalue weighted by molar-refractivity contribution is 7.13. The molecule has 2 rings (SSSR count). The Morgan fingerprint density at radius 3 is 2.90 bits per heavy atom. The fraction of sp³-hybridized carbons (Fsp3) is 0.357. The lowest BCUT2D eigenvalue weighted by Crippen LogP contribution is -2.28. The van der Waals surface area contributed by atoms with Gasteiger partial charge in [-0.15, -0.1) is 11.3 Å². The number of rotatable bonds is 4. The van der Waals surface area contributed by atoms with Crippen molar-refractivity contribution in [3.05, 3.63) is 45.3 Å². The van der Waals surface area contributed by atoms with Crippen molar-refractivity contribution in [2.24, 2.45) is 0 Å². The number of thiazole rings is 1. The van der Waals surface area contributed by atoms with Crippen molar-refractivity contribution in [1.29, 1.82) is 0 Å². The number of aryl methyl sites for hydroxylation is 1. The number of aromatic nitrogens is 2. The van der Waals surface area contributed by atoms with Crippen molar-refractivity contribution in [3.8, 4) is 0 Å². The third-order valence-corrected chi connectivity index (χ3v) is 3.66. The molecule has 0 atom stereocenters. The van der Waals surface area contributed by atoms with Crippen LogP contribution in [-0.4, -0.2) is 15.5 Å². The number of hydrogen-bond donors (Lipinski definition) is 1. The number of nitrogens with one attached hydrogen (secondary N) is 1. The predicted molar refractivity (Wildman–Crippen MR) is 80.3 cm³/mol. The number of anilines is 1. The third-order valence-electron chi connectivity index (χ3n) is 2.88. The molecule has 0 bridgehead atoms. The molecule has 0 aliphatic heterocycles. The summed E-state index contributed by atoms with van der Waals surface area (Å²) < 4.78 is 1.39. The predicted octanol–water partition coefficient (Wildman–Crippen LogP) is 2.38. The Morgan fingerprint density at radius 2 is 2.25 bits per heavy atom. The van der Waals surface area contributed by atoms with Gasteiger partial charge in [0.2, 0.25) is 5.91 Å². The van der Waals surface area contributed by atoms with Crippen LogP contribution in [0.4, 0.5) is 5.13 Å². The van der Waals surface area contributed by atoms with Crippen LogP contribution >= 0.6 is 11.3 Å². The minimum absolute atomic E-state index is 0.00287. The molecule has 2 heterocycles. The van der Waals surface area contributed by atoms with Gasteiger partial charge in [0, 0.05) is 17.1 Å². The van der Waals surface area contributed by atoms with E-state index >= 15 is 0 Å². The average Bonchev–Trinajstić information content (AvgIpc) is 2.83. The summed E-state index contributed by atoms with van der Waals surface area (Å²) in [5, 5.41) is 5.22. The van der Waals surface area contributed by atoms with Crippen molar-refractivity contribution in [3.63, 3.8) is 0 Å². The van der Waals surface area contributed by atoms with Crippen molar-refractivity contribution >= 4 is 22.4 Å². The maximum atomic E-state index is 11.9. The highest BCUT2D eigenvalue weighted by Crippen LogP contribution is 2.21. The zero-order chi connectivity index (χ0) is 14.7. The second kappa shape index (κ2) is 6.00. The largest absolute Gasteiger partial charge is 0.306 e. The van der Waals surface area contributed by atoms with Crippen LogP contribution in [0, 0.1) is 6.92 Å². The van der Waals surface area contributed by atoms with Crippen molar-refractivity contribution in [2.45, 2.75) is 33.2 Å². The van der Waals surface area contributed by atoms with Gasteiger partial charge in [0.1, 0.15) is 6.54 Å². The molecule has 0 saturated heterocycles. The van der Waals surface area contributed by atoms with Gasteiger partial charge in [0.15, 0.2) is 5.13 Å². The summed E-state index contributed by atoms with van der Waals surface area (Å²) in [6.45, 7) is 5.82. The lowest BCUT2D eigenvalue weighted by Gasteiger charge is -2.06. The van der Waals surface area contributed by atoms with Crippen molar-refractivity contribution < 1.29 is 4.79 Å². The van der Waals surface area contributed by atoms with Crippen LogP contribution in [0.2, 0.25) is 0 Å². The zero-order valence-electron chi connectivity index (χ0n) is 11.7. The normalized spacial score (nSPS) is 10.8. The maximum absolute atomic E-state index is 11.9. The van der Waals surface area contributed by atoms with Gasteiger partial charge in [-0.2, -0.15) is 0 Å². The van der Waals surface area contributed by atoms with Crippen LogP contribution in [0.25, 0.3) is 0 Å². The topological polar surface area (TPSA) is 64.0 Å². The monoisotopic (exact) mass is 291 g/mol. The van der Waals surface area contributed by atoms with Crippen LogP contribution in [-0.2, 0) is 11.3 Å². The van der Waals surface area contributed by atoms with Gasteiger partial charge >= 0.3 is 0 Å². The highest BCUT2D eigenvalue weighted by atomic mass is 32.1. The molecule has 1 N–H and O–H groups in total. The number of hydrogen-bond acceptors (Lipinski definition) is 4. The first kappa shape index (κ1) is 14.5. The van der Waals surface area contributed by atoms with E-state index in [9.17, 15) is 9.59 Å². The molecule has 20 heavy (non-hydrogen) atoms. The maximum Gasteiger partial charge on any atom is 0.253 e. The Balaban J connectivity index is 2.05. The van der Waals surface area contributed by atoms with Crippen LogP contribution < -0.4 is 10.9 Å². The molecule has 0 aromatic carbocycles. The van der Waals surface area contributed by atoms with Gasteiger partial charge in [-0.3, -0.25) is 9.59 Å². The fourth-order valence-corrected chi connectivity index (χ4v) is 2.59. The van der Waals surface area contributed by atoms with Gasteiger partial charge in [0.05, 0.1) is 5.69 Å². The highest BCUT2D eigenvalue weighted by Gasteiger charge is 2.10. The van der Waals surface area contributed by atoms with Crippen molar-refractivity contribution in [2.75, 3.05) is 5.32 Å². The van der Waals surface area contributed by atoms with Gasteiger partial charge < -0.3 is 9.88 Å². The first-order valence-corrected chi connectivity index (χ1v) is 7.26. The van der Waals surface area contributed by atoms with E-state index in [1.807, 2.05) is 19.2 Å². The van der Waals surface area contributed by atoms with Crippen LogP contribution in [0.5, 0.6) is 0 Å². The van der Waals surface area contributed by atoms with E-state index in [1.165, 1.54) is 15.9 Å². The third kappa shape index (κ3) is 3.33. The molecule has 0 saturated carbocycles. The zero-order valence-corrected chi connectivity index (χ0v) is 12.5. The lowest BCUT2D eigenvalue weighted by molar-refractivity contribution is -0.116. The van der Waals surface area contributed by atoms with Gasteiger partial charge in [-0.1, -0.05) is 19.9 Å². The Bertz CT molecular complexity index is 673. The molecule has 5 nitrogen and oxygen atoms in total. The van der Waals surface area contributed by atoms with E-state index in [0.29, 0.717) is 16.6 Å². The average molecular weight is 291 g/mol. The molecule has 0 aliphatic rings. The van der Waals surface area contributed by atoms with E-state index in [-0.39, 0.29) is 18.0 Å². The second-order valence-corrected chi connectivity index (χ2v) is 5.76. The molecule has 0 fully saturated rings. The Labute approximate surface area is 121 Å². The number of carbonyl (C=O) groups excluding carboxylic acids is 1. The van der Waals surface area contributed by atoms with E-state index in [2.05, 4.69) is 10.3 Å². The fourth-order valence-electron chi connectivity index (χ4n) is 1.70. The minimum atomic E-state index is -0.248. The summed E-state index contributed by atoms with van der Waals surface area (Å²) in [7, 11) is 0. The lowest BCUT2D eigenvalue weighted by atomic mass is 10.2. The number of carbonyl (C=O) groups is 1. The first-order valence-electron chi connectivity index (χ1n) is 6.38. The molecule has 106 valence electrons. The summed E-state index contributed by atoms with van der Waals surface area (Å²) in [4.78, 5) is 28.1. The molecule has 2 aromatic heterocycles. The number of pyridine rings is 1. The standard InChI is InChI=1S/C14H17N3O2S/c1-9(2)11-8-20-14(15-11)16-12(18)7-17-6-4-5-10(3)13(17)19/h4-6,8-9H,7H2,1-3H3,(H,15,16,18).